The SMILES string of the molecule is CN(C)C(CNCc1cc(C(N)=O)cs1)c1cccs1. The molecule has 6 heteroatoms. The van der Waals surface area contributed by atoms with Crippen molar-refractivity contribution in [3.05, 3.63) is 44.3 Å². The Labute approximate surface area is 127 Å². The highest BCUT2D eigenvalue weighted by molar-refractivity contribution is 7.10. The molecule has 4 nitrogen and oxygen atoms in total. The molecule has 0 aliphatic heterocycles. The number of nitrogens with one attached hydrogen (secondary N) is 1. The molecule has 3 N–H and O–H groups in total. The number of thiophene rings is 2. The van der Waals surface area contributed by atoms with E-state index in [0.29, 0.717) is 11.6 Å². The Hall–Kier alpha value is -1.21. The fraction of sp³-hybridized carbons (Fsp3) is 0.357. The van der Waals surface area contributed by atoms with Gasteiger partial charge in [0.05, 0.1) is 11.6 Å². The van der Waals surface area contributed by atoms with Crippen LogP contribution < -0.4 is 11.1 Å². The fourth-order valence-corrected chi connectivity index (χ4v) is 3.72. The molecule has 2 rings (SSSR count). The van der Waals surface area contributed by atoms with Gasteiger partial charge in [-0.3, -0.25) is 4.79 Å². The van der Waals surface area contributed by atoms with Crippen LogP contribution in [0.1, 0.15) is 26.2 Å². The summed E-state index contributed by atoms with van der Waals surface area (Å²) in [7, 11) is 4.17. The second-order valence-electron chi connectivity index (χ2n) is 4.79. The molecule has 0 aliphatic rings. The van der Waals surface area contributed by atoms with Gasteiger partial charge in [-0.1, -0.05) is 6.07 Å². The summed E-state index contributed by atoms with van der Waals surface area (Å²) in [6.45, 7) is 1.63. The molecule has 2 aromatic heterocycles. The predicted octanol–water partition coefficient (Wildman–Crippen LogP) is 2.30. The average molecular weight is 309 g/mol. The van der Waals surface area contributed by atoms with Crippen LogP contribution in [0.2, 0.25) is 0 Å². The van der Waals surface area contributed by atoms with Crippen LogP contribution in [0, 0.1) is 0 Å². The van der Waals surface area contributed by atoms with Crippen molar-refractivity contribution >= 4 is 28.6 Å². The number of likely N-dealkylation sites (N-methyl/N-ethyl adjacent to an activating group) is 1. The van der Waals surface area contributed by atoms with Gasteiger partial charge >= 0.3 is 0 Å². The third-order valence-electron chi connectivity index (χ3n) is 3.07. The molecule has 2 heterocycles. The zero-order valence-electron chi connectivity index (χ0n) is 11.6. The molecule has 0 bridgehead atoms. The number of carbonyl (C=O) groups excluding carboxylic acids is 1. The van der Waals surface area contributed by atoms with E-state index in [2.05, 4.69) is 41.8 Å². The molecule has 20 heavy (non-hydrogen) atoms. The van der Waals surface area contributed by atoms with Crippen LogP contribution in [0.5, 0.6) is 0 Å². The minimum absolute atomic E-state index is 0.364. The van der Waals surface area contributed by atoms with Crippen LogP contribution >= 0.6 is 22.7 Å². The summed E-state index contributed by atoms with van der Waals surface area (Å²) in [6.07, 6.45) is 0. The summed E-state index contributed by atoms with van der Waals surface area (Å²) >= 11 is 3.33. The number of nitrogens with two attached hydrogens (primary N) is 1. The molecule has 0 saturated carbocycles. The number of carbonyl (C=O) groups is 1. The zero-order valence-corrected chi connectivity index (χ0v) is 13.3. The highest BCUT2D eigenvalue weighted by Gasteiger charge is 2.14. The maximum Gasteiger partial charge on any atom is 0.249 e. The summed E-state index contributed by atoms with van der Waals surface area (Å²) in [6, 6.07) is 6.46. The van der Waals surface area contributed by atoms with Crippen LogP contribution in [0.15, 0.2) is 29.0 Å². The molecule has 0 aromatic carbocycles. The molecule has 0 radical (unpaired) electrons. The van der Waals surface area contributed by atoms with E-state index in [-0.39, 0.29) is 5.91 Å². The van der Waals surface area contributed by atoms with Gasteiger partial charge < -0.3 is 16.0 Å². The topological polar surface area (TPSA) is 58.4 Å². The van der Waals surface area contributed by atoms with Gasteiger partial charge in [0, 0.05) is 28.2 Å². The number of amides is 1. The van der Waals surface area contributed by atoms with Crippen molar-refractivity contribution in [3.63, 3.8) is 0 Å². The standard InChI is InChI=1S/C14H19N3OS2/c1-17(2)12(13-4-3-5-19-13)8-16-7-11-6-10(9-20-11)14(15)18/h3-6,9,12,16H,7-8H2,1-2H3,(H2,15,18). The van der Waals surface area contributed by atoms with Crippen molar-refractivity contribution in [2.75, 3.05) is 20.6 Å². The molecular formula is C14H19N3OS2. The maximum atomic E-state index is 11.0. The van der Waals surface area contributed by atoms with Crippen LogP contribution in [0.3, 0.4) is 0 Å². The Morgan fingerprint density at radius 1 is 1.45 bits per heavy atom. The van der Waals surface area contributed by atoms with Crippen molar-refractivity contribution in [2.24, 2.45) is 5.73 Å². The van der Waals surface area contributed by atoms with Crippen molar-refractivity contribution in [1.82, 2.24) is 10.2 Å². The lowest BCUT2D eigenvalue weighted by Gasteiger charge is -2.23. The Balaban J connectivity index is 1.88. The van der Waals surface area contributed by atoms with E-state index < -0.39 is 0 Å². The molecule has 0 spiro atoms. The predicted molar refractivity (Wildman–Crippen MR) is 85.3 cm³/mol. The van der Waals surface area contributed by atoms with E-state index in [9.17, 15) is 4.79 Å². The van der Waals surface area contributed by atoms with Crippen molar-refractivity contribution in [1.29, 1.82) is 0 Å². The first-order chi connectivity index (χ1) is 9.58. The largest absolute Gasteiger partial charge is 0.366 e. The van der Waals surface area contributed by atoms with Crippen LogP contribution in [0.4, 0.5) is 0 Å². The highest BCUT2D eigenvalue weighted by atomic mass is 32.1. The molecule has 0 fully saturated rings. The molecular weight excluding hydrogens is 290 g/mol. The Kier molecular flexibility index (Phi) is 5.31. The van der Waals surface area contributed by atoms with Crippen molar-refractivity contribution in [3.8, 4) is 0 Å². The van der Waals surface area contributed by atoms with E-state index in [1.807, 2.05) is 11.4 Å². The Bertz CT molecular complexity index is 549. The molecule has 0 saturated heterocycles. The normalized spacial score (nSPS) is 12.8. The first-order valence-electron chi connectivity index (χ1n) is 6.35. The Morgan fingerprint density at radius 3 is 2.80 bits per heavy atom. The zero-order chi connectivity index (χ0) is 14.5. The van der Waals surface area contributed by atoms with Gasteiger partial charge in [-0.2, -0.15) is 0 Å². The van der Waals surface area contributed by atoms with Gasteiger partial charge in [-0.25, -0.2) is 0 Å². The van der Waals surface area contributed by atoms with E-state index >= 15 is 0 Å². The first kappa shape index (κ1) is 15.2. The average Bonchev–Trinajstić information content (AvgIpc) is 3.05. The van der Waals surface area contributed by atoms with Crippen LogP contribution in [-0.4, -0.2) is 31.4 Å². The van der Waals surface area contributed by atoms with Gasteiger partial charge in [0.15, 0.2) is 0 Å². The summed E-state index contributed by atoms with van der Waals surface area (Å²) < 4.78 is 0. The van der Waals surface area contributed by atoms with Gasteiger partial charge in [0.2, 0.25) is 5.91 Å². The minimum Gasteiger partial charge on any atom is -0.366 e. The monoisotopic (exact) mass is 309 g/mol. The summed E-state index contributed by atoms with van der Waals surface area (Å²) in [5.41, 5.74) is 5.84. The van der Waals surface area contributed by atoms with Gasteiger partial charge in [0.1, 0.15) is 0 Å². The van der Waals surface area contributed by atoms with Gasteiger partial charge in [-0.15, -0.1) is 22.7 Å². The quantitative estimate of drug-likeness (QED) is 0.825. The Morgan fingerprint density at radius 2 is 2.25 bits per heavy atom. The molecule has 1 amide bonds. The molecule has 108 valence electrons. The van der Waals surface area contributed by atoms with Crippen LogP contribution in [0.25, 0.3) is 0 Å². The van der Waals surface area contributed by atoms with Crippen LogP contribution in [-0.2, 0) is 6.54 Å². The number of rotatable bonds is 7. The maximum absolute atomic E-state index is 11.0. The lowest BCUT2D eigenvalue weighted by molar-refractivity contribution is 0.100. The fourth-order valence-electron chi connectivity index (χ4n) is 1.95. The molecule has 1 unspecified atom stereocenters. The van der Waals surface area contributed by atoms with Crippen molar-refractivity contribution < 1.29 is 4.79 Å². The third kappa shape index (κ3) is 3.89. The number of nitrogens with zero attached hydrogens (tertiary/aromatic N) is 1. The van der Waals surface area contributed by atoms with Gasteiger partial charge in [0.25, 0.3) is 0 Å². The van der Waals surface area contributed by atoms with E-state index in [4.69, 9.17) is 5.73 Å². The summed E-state index contributed by atoms with van der Waals surface area (Å²) in [4.78, 5) is 15.7. The van der Waals surface area contributed by atoms with E-state index in [0.717, 1.165) is 18.0 Å². The lowest BCUT2D eigenvalue weighted by Crippen LogP contribution is -2.30. The third-order valence-corrected chi connectivity index (χ3v) is 4.98. The summed E-state index contributed by atoms with van der Waals surface area (Å²) in [5, 5.41) is 7.36. The highest BCUT2D eigenvalue weighted by Crippen LogP contribution is 2.22. The smallest absolute Gasteiger partial charge is 0.249 e. The minimum atomic E-state index is -0.364. The van der Waals surface area contributed by atoms with E-state index in [1.165, 1.54) is 4.88 Å². The lowest BCUT2D eigenvalue weighted by atomic mass is 10.2. The first-order valence-corrected chi connectivity index (χ1v) is 8.11. The molecule has 0 aliphatic carbocycles. The summed E-state index contributed by atoms with van der Waals surface area (Å²) in [5.74, 6) is -0.364. The van der Waals surface area contributed by atoms with Gasteiger partial charge in [-0.05, 0) is 31.6 Å². The molecule has 2 aromatic rings. The number of hydrogen-bond acceptors (Lipinski definition) is 5. The second-order valence-corrected chi connectivity index (χ2v) is 6.77. The molecule has 1 atom stereocenters. The second kappa shape index (κ2) is 6.99. The number of hydrogen-bond donors (Lipinski definition) is 2. The number of primary amides is 1. The van der Waals surface area contributed by atoms with E-state index in [1.54, 1.807) is 22.7 Å². The van der Waals surface area contributed by atoms with Crippen molar-refractivity contribution in [2.45, 2.75) is 12.6 Å².